The van der Waals surface area contributed by atoms with Gasteiger partial charge in [0.05, 0.1) is 5.41 Å². The zero-order valence-electron chi connectivity index (χ0n) is 25.1. The van der Waals surface area contributed by atoms with Crippen LogP contribution in [-0.2, 0) is 5.41 Å². The van der Waals surface area contributed by atoms with Gasteiger partial charge in [0, 0.05) is 15.2 Å². The van der Waals surface area contributed by atoms with Crippen molar-refractivity contribution in [2.24, 2.45) is 0 Å². The van der Waals surface area contributed by atoms with Crippen molar-refractivity contribution in [1.82, 2.24) is 0 Å². The predicted molar refractivity (Wildman–Crippen MR) is 194 cm³/mol. The van der Waals surface area contributed by atoms with Crippen molar-refractivity contribution in [2.75, 3.05) is 0 Å². The summed E-state index contributed by atoms with van der Waals surface area (Å²) in [5.74, 6) is 0. The summed E-state index contributed by atoms with van der Waals surface area (Å²) in [4.78, 5) is 2.65. The van der Waals surface area contributed by atoms with Crippen LogP contribution in [0.15, 0.2) is 180 Å². The van der Waals surface area contributed by atoms with E-state index in [9.17, 15) is 0 Å². The van der Waals surface area contributed by atoms with E-state index in [1.807, 2.05) is 11.8 Å². The molecule has 0 aromatic heterocycles. The smallest absolute Gasteiger partial charge is 0.0719 e. The van der Waals surface area contributed by atoms with Crippen LogP contribution >= 0.6 is 11.8 Å². The van der Waals surface area contributed by atoms with E-state index >= 15 is 0 Å². The zero-order chi connectivity index (χ0) is 30.2. The first kappa shape index (κ1) is 25.9. The molecule has 0 atom stereocenters. The second kappa shape index (κ2) is 9.81. The summed E-state index contributed by atoms with van der Waals surface area (Å²) < 4.78 is 0. The Kier molecular flexibility index (Phi) is 5.53. The first-order valence-electron chi connectivity index (χ1n) is 15.9. The van der Waals surface area contributed by atoms with Crippen LogP contribution in [0.2, 0.25) is 0 Å². The van der Waals surface area contributed by atoms with E-state index < -0.39 is 5.41 Å². The van der Waals surface area contributed by atoms with Gasteiger partial charge in [0.1, 0.15) is 0 Å². The second-order valence-corrected chi connectivity index (χ2v) is 13.5. The van der Waals surface area contributed by atoms with E-state index in [4.69, 9.17) is 0 Å². The molecular weight excluding hydrogens is 573 g/mol. The monoisotopic (exact) mass is 600 g/mol. The number of benzene rings is 8. The summed E-state index contributed by atoms with van der Waals surface area (Å²) in [6, 6.07) is 63.4. The molecule has 0 radical (unpaired) electrons. The lowest BCUT2D eigenvalue weighted by Gasteiger charge is -2.35. The standard InChI is InChI=1S/C45H28S/c1-3-14-32(15-4-1)45(33-16-5-2-6-17-33)39-28-31(24-26-36(39)37-27-22-29-12-7-8-18-35(29)44(37)45)34-25-23-30-13-11-21-41-42(30)43(34)38-19-9-10-20-40(38)46-41/h1-28H. The lowest BCUT2D eigenvalue weighted by Crippen LogP contribution is -2.28. The quantitative estimate of drug-likeness (QED) is 0.194. The molecule has 8 aromatic rings. The van der Waals surface area contributed by atoms with E-state index in [2.05, 4.69) is 170 Å². The van der Waals surface area contributed by atoms with E-state index in [0.29, 0.717) is 0 Å². The maximum absolute atomic E-state index is 2.51. The molecule has 0 N–H and O–H groups in total. The first-order chi connectivity index (χ1) is 22.8. The number of hydrogen-bond donors (Lipinski definition) is 0. The fourth-order valence-electron chi connectivity index (χ4n) is 8.27. The maximum Gasteiger partial charge on any atom is 0.0719 e. The van der Waals surface area contributed by atoms with Crippen molar-refractivity contribution >= 4 is 33.3 Å². The molecular formula is C45H28S. The molecule has 0 saturated carbocycles. The number of fused-ring (bicyclic) bond motifs is 7. The van der Waals surface area contributed by atoms with Gasteiger partial charge in [-0.25, -0.2) is 0 Å². The summed E-state index contributed by atoms with van der Waals surface area (Å²) in [7, 11) is 0. The summed E-state index contributed by atoms with van der Waals surface area (Å²) in [5.41, 5.74) is 12.6. The van der Waals surface area contributed by atoms with Crippen molar-refractivity contribution in [2.45, 2.75) is 15.2 Å². The van der Waals surface area contributed by atoms with E-state index in [0.717, 1.165) is 0 Å². The molecule has 1 heterocycles. The molecule has 0 saturated heterocycles. The molecule has 1 heteroatoms. The van der Waals surface area contributed by atoms with Gasteiger partial charge >= 0.3 is 0 Å². The molecule has 0 unspecified atom stereocenters. The van der Waals surface area contributed by atoms with Gasteiger partial charge in [-0.1, -0.05) is 163 Å². The molecule has 0 spiro atoms. The Morgan fingerprint density at radius 1 is 0.413 bits per heavy atom. The van der Waals surface area contributed by atoms with Crippen molar-refractivity contribution in [3.63, 3.8) is 0 Å². The summed E-state index contributed by atoms with van der Waals surface area (Å²) >= 11 is 1.89. The van der Waals surface area contributed by atoms with Gasteiger partial charge in [-0.15, -0.1) is 0 Å². The highest BCUT2D eigenvalue weighted by Crippen LogP contribution is 2.59. The third kappa shape index (κ3) is 3.47. The normalized spacial score (nSPS) is 13.7. The Balaban J connectivity index is 1.34. The molecule has 46 heavy (non-hydrogen) atoms. The Bertz CT molecular complexity index is 2450. The molecule has 1 aliphatic carbocycles. The molecule has 0 bridgehead atoms. The van der Waals surface area contributed by atoms with E-state index in [-0.39, 0.29) is 0 Å². The van der Waals surface area contributed by atoms with Crippen molar-refractivity contribution in [3.8, 4) is 33.4 Å². The van der Waals surface area contributed by atoms with Crippen LogP contribution in [0.1, 0.15) is 22.3 Å². The minimum Gasteiger partial charge on any atom is -0.0888 e. The maximum atomic E-state index is 2.51. The van der Waals surface area contributed by atoms with E-state index in [1.165, 1.54) is 87.0 Å². The molecule has 214 valence electrons. The minimum atomic E-state index is -0.475. The van der Waals surface area contributed by atoms with Crippen molar-refractivity contribution < 1.29 is 0 Å². The van der Waals surface area contributed by atoms with Crippen molar-refractivity contribution in [1.29, 1.82) is 0 Å². The van der Waals surface area contributed by atoms with Crippen LogP contribution in [0.4, 0.5) is 0 Å². The molecule has 1 aliphatic heterocycles. The van der Waals surface area contributed by atoms with Gasteiger partial charge in [0.2, 0.25) is 0 Å². The molecule has 0 fully saturated rings. The van der Waals surface area contributed by atoms with Crippen LogP contribution in [-0.4, -0.2) is 0 Å². The SMILES string of the molecule is c1ccc(C2(c3ccccc3)c3cc(-c4ccc5cccc6c5c4-c4ccccc4S6)ccc3-c3ccc4ccccc4c32)cc1. The van der Waals surface area contributed by atoms with Gasteiger partial charge < -0.3 is 0 Å². The van der Waals surface area contributed by atoms with Gasteiger partial charge in [0.25, 0.3) is 0 Å². The highest BCUT2D eigenvalue weighted by atomic mass is 32.2. The fourth-order valence-corrected chi connectivity index (χ4v) is 9.40. The highest BCUT2D eigenvalue weighted by molar-refractivity contribution is 7.99. The van der Waals surface area contributed by atoms with Gasteiger partial charge in [-0.05, 0) is 90.0 Å². The van der Waals surface area contributed by atoms with Crippen LogP contribution in [0.3, 0.4) is 0 Å². The Labute approximate surface area is 273 Å². The predicted octanol–water partition coefficient (Wildman–Crippen LogP) is 12.2. The highest BCUT2D eigenvalue weighted by Gasteiger charge is 2.47. The third-order valence-corrected chi connectivity index (χ3v) is 11.3. The Hall–Kier alpha value is -5.37. The molecule has 2 aliphatic rings. The molecule has 10 rings (SSSR count). The van der Waals surface area contributed by atoms with Crippen LogP contribution in [0, 0.1) is 0 Å². The van der Waals surface area contributed by atoms with Crippen LogP contribution in [0.5, 0.6) is 0 Å². The van der Waals surface area contributed by atoms with Crippen LogP contribution < -0.4 is 0 Å². The minimum absolute atomic E-state index is 0.475. The zero-order valence-corrected chi connectivity index (χ0v) is 25.9. The molecule has 8 aromatic carbocycles. The summed E-state index contributed by atoms with van der Waals surface area (Å²) in [6.07, 6.45) is 0. The van der Waals surface area contributed by atoms with Crippen molar-refractivity contribution in [3.05, 3.63) is 192 Å². The Morgan fingerprint density at radius 3 is 1.87 bits per heavy atom. The second-order valence-electron chi connectivity index (χ2n) is 12.4. The van der Waals surface area contributed by atoms with E-state index in [1.54, 1.807) is 0 Å². The Morgan fingerprint density at radius 2 is 1.04 bits per heavy atom. The van der Waals surface area contributed by atoms with Gasteiger partial charge in [0.15, 0.2) is 0 Å². The topological polar surface area (TPSA) is 0 Å². The number of hydrogen-bond acceptors (Lipinski definition) is 1. The van der Waals surface area contributed by atoms with Crippen LogP contribution in [0.25, 0.3) is 54.9 Å². The summed E-state index contributed by atoms with van der Waals surface area (Å²) in [5, 5.41) is 5.23. The largest absolute Gasteiger partial charge is 0.0888 e. The fraction of sp³-hybridized carbons (Fsp3) is 0.0222. The molecule has 0 nitrogen and oxygen atoms in total. The average molecular weight is 601 g/mol. The first-order valence-corrected chi connectivity index (χ1v) is 16.8. The number of rotatable bonds is 3. The summed E-state index contributed by atoms with van der Waals surface area (Å²) in [6.45, 7) is 0. The van der Waals surface area contributed by atoms with Gasteiger partial charge in [-0.2, -0.15) is 0 Å². The lowest BCUT2D eigenvalue weighted by molar-refractivity contribution is 0.776. The average Bonchev–Trinajstić information content (AvgIpc) is 3.43. The van der Waals surface area contributed by atoms with Gasteiger partial charge in [-0.3, -0.25) is 0 Å². The third-order valence-electron chi connectivity index (χ3n) is 10.1. The molecule has 0 amide bonds. The lowest BCUT2D eigenvalue weighted by atomic mass is 9.66.